The minimum Gasteiger partial charge on any atom is -0.497 e. The zero-order valence-electron chi connectivity index (χ0n) is 10.8. The number of nitrogens with zero attached hydrogens (tertiary/aromatic N) is 1. The predicted molar refractivity (Wildman–Crippen MR) is 70.3 cm³/mol. The van der Waals surface area contributed by atoms with Gasteiger partial charge in [-0.25, -0.2) is 4.79 Å². The third kappa shape index (κ3) is 3.45. The van der Waals surface area contributed by atoms with Crippen LogP contribution in [0.15, 0.2) is 24.3 Å². The van der Waals surface area contributed by atoms with Gasteiger partial charge >= 0.3 is 6.03 Å². The number of methoxy groups -OCH3 is 1. The van der Waals surface area contributed by atoms with Gasteiger partial charge in [0.2, 0.25) is 0 Å². The highest BCUT2D eigenvalue weighted by Crippen LogP contribution is 2.12. The van der Waals surface area contributed by atoms with Gasteiger partial charge in [0.1, 0.15) is 5.75 Å². The van der Waals surface area contributed by atoms with Gasteiger partial charge in [0.25, 0.3) is 5.91 Å². The minimum absolute atomic E-state index is 0.352. The van der Waals surface area contributed by atoms with Crippen LogP contribution in [0.3, 0.4) is 0 Å². The summed E-state index contributed by atoms with van der Waals surface area (Å²) in [5.41, 5.74) is 0.405. The second-order valence-electron chi connectivity index (χ2n) is 4.23. The van der Waals surface area contributed by atoms with Crippen LogP contribution in [-0.4, -0.2) is 50.1 Å². The fourth-order valence-corrected chi connectivity index (χ4v) is 1.88. The second kappa shape index (κ2) is 6.19. The van der Waals surface area contributed by atoms with E-state index in [-0.39, 0.29) is 6.03 Å². The highest BCUT2D eigenvalue weighted by molar-refractivity contribution is 6.04. The SMILES string of the molecule is COc1cccc(C(=O)NC(=O)N2CCNCC2)c1. The molecule has 6 nitrogen and oxygen atoms in total. The number of piperazine rings is 1. The highest BCUT2D eigenvalue weighted by Gasteiger charge is 2.19. The Labute approximate surface area is 111 Å². The Balaban J connectivity index is 1.97. The van der Waals surface area contributed by atoms with Gasteiger partial charge in [-0.15, -0.1) is 0 Å². The molecule has 0 atom stereocenters. The molecule has 1 aromatic carbocycles. The van der Waals surface area contributed by atoms with E-state index in [9.17, 15) is 9.59 Å². The summed E-state index contributed by atoms with van der Waals surface area (Å²) >= 11 is 0. The maximum Gasteiger partial charge on any atom is 0.324 e. The van der Waals surface area contributed by atoms with Crippen molar-refractivity contribution in [1.29, 1.82) is 0 Å². The standard InChI is InChI=1S/C13H17N3O3/c1-19-11-4-2-3-10(9-11)12(17)15-13(18)16-7-5-14-6-8-16/h2-4,9,14H,5-8H2,1H3,(H,15,17,18). The lowest BCUT2D eigenvalue weighted by molar-refractivity contribution is 0.0949. The molecule has 1 aromatic rings. The molecule has 2 N–H and O–H groups in total. The molecule has 1 heterocycles. The summed E-state index contributed by atoms with van der Waals surface area (Å²) in [6.07, 6.45) is 0. The fourth-order valence-electron chi connectivity index (χ4n) is 1.88. The Morgan fingerprint density at radius 1 is 1.32 bits per heavy atom. The zero-order chi connectivity index (χ0) is 13.7. The number of hydrogen-bond donors (Lipinski definition) is 2. The number of hydrogen-bond acceptors (Lipinski definition) is 4. The van der Waals surface area contributed by atoms with E-state index in [0.717, 1.165) is 13.1 Å². The van der Waals surface area contributed by atoms with Crippen molar-refractivity contribution in [2.45, 2.75) is 0 Å². The third-order valence-electron chi connectivity index (χ3n) is 2.96. The van der Waals surface area contributed by atoms with E-state index in [2.05, 4.69) is 10.6 Å². The lowest BCUT2D eigenvalue weighted by atomic mass is 10.2. The molecule has 0 radical (unpaired) electrons. The van der Waals surface area contributed by atoms with Crippen molar-refractivity contribution in [3.8, 4) is 5.75 Å². The number of carbonyl (C=O) groups excluding carboxylic acids is 2. The summed E-state index contributed by atoms with van der Waals surface area (Å²) in [7, 11) is 1.53. The number of urea groups is 1. The molecule has 0 saturated carbocycles. The molecular weight excluding hydrogens is 246 g/mol. The predicted octanol–water partition coefficient (Wildman–Crippen LogP) is 0.450. The molecule has 102 valence electrons. The monoisotopic (exact) mass is 263 g/mol. The van der Waals surface area contributed by atoms with Crippen LogP contribution >= 0.6 is 0 Å². The number of nitrogens with one attached hydrogen (secondary N) is 2. The lowest BCUT2D eigenvalue weighted by Gasteiger charge is -2.27. The quantitative estimate of drug-likeness (QED) is 0.812. The van der Waals surface area contributed by atoms with E-state index >= 15 is 0 Å². The van der Waals surface area contributed by atoms with Gasteiger partial charge in [-0.05, 0) is 18.2 Å². The fraction of sp³-hybridized carbons (Fsp3) is 0.385. The summed E-state index contributed by atoms with van der Waals surface area (Å²) in [6, 6.07) is 6.34. The first kappa shape index (κ1) is 13.4. The second-order valence-corrected chi connectivity index (χ2v) is 4.23. The van der Waals surface area contributed by atoms with Crippen molar-refractivity contribution in [2.75, 3.05) is 33.3 Å². The molecule has 1 fully saturated rings. The molecule has 0 spiro atoms. The summed E-state index contributed by atoms with van der Waals surface area (Å²) in [4.78, 5) is 25.4. The van der Waals surface area contributed by atoms with Gasteiger partial charge in [0.15, 0.2) is 0 Å². The van der Waals surface area contributed by atoms with E-state index < -0.39 is 5.91 Å². The molecular formula is C13H17N3O3. The maximum absolute atomic E-state index is 11.9. The Kier molecular flexibility index (Phi) is 4.35. The van der Waals surface area contributed by atoms with E-state index in [1.807, 2.05) is 0 Å². The summed E-state index contributed by atoms with van der Waals surface area (Å²) in [5.74, 6) is 0.171. The number of imide groups is 1. The number of benzene rings is 1. The molecule has 1 saturated heterocycles. The van der Waals surface area contributed by atoms with Crippen LogP contribution in [-0.2, 0) is 0 Å². The molecule has 0 aromatic heterocycles. The lowest BCUT2D eigenvalue weighted by Crippen LogP contribution is -2.51. The van der Waals surface area contributed by atoms with Crippen LogP contribution in [0.5, 0.6) is 5.75 Å². The van der Waals surface area contributed by atoms with Crippen molar-refractivity contribution < 1.29 is 14.3 Å². The summed E-state index contributed by atoms with van der Waals surface area (Å²) in [5, 5.41) is 5.53. The van der Waals surface area contributed by atoms with Crippen molar-refractivity contribution in [1.82, 2.24) is 15.5 Å². The van der Waals surface area contributed by atoms with Crippen LogP contribution in [0.4, 0.5) is 4.79 Å². The summed E-state index contributed by atoms with van der Waals surface area (Å²) < 4.78 is 5.04. The van der Waals surface area contributed by atoms with Crippen LogP contribution in [0.1, 0.15) is 10.4 Å². The summed E-state index contributed by atoms with van der Waals surface area (Å²) in [6.45, 7) is 2.72. The van der Waals surface area contributed by atoms with Crippen LogP contribution in [0, 0.1) is 0 Å². The van der Waals surface area contributed by atoms with Gasteiger partial charge in [0.05, 0.1) is 7.11 Å². The number of carbonyl (C=O) groups is 2. The van der Waals surface area contributed by atoms with Gasteiger partial charge in [-0.1, -0.05) is 6.07 Å². The molecule has 0 unspecified atom stereocenters. The molecule has 3 amide bonds. The molecule has 1 aliphatic heterocycles. The highest BCUT2D eigenvalue weighted by atomic mass is 16.5. The molecule has 2 rings (SSSR count). The zero-order valence-corrected chi connectivity index (χ0v) is 10.8. The average molecular weight is 263 g/mol. The van der Waals surface area contributed by atoms with Crippen molar-refractivity contribution in [3.63, 3.8) is 0 Å². The number of rotatable bonds is 2. The maximum atomic E-state index is 11.9. The average Bonchev–Trinajstić information content (AvgIpc) is 2.48. The van der Waals surface area contributed by atoms with Crippen LogP contribution < -0.4 is 15.4 Å². The Bertz CT molecular complexity index is 470. The molecule has 0 aliphatic carbocycles. The van der Waals surface area contributed by atoms with Gasteiger partial charge in [-0.3, -0.25) is 10.1 Å². The van der Waals surface area contributed by atoms with Gasteiger partial charge < -0.3 is 15.0 Å². The van der Waals surface area contributed by atoms with Crippen LogP contribution in [0.2, 0.25) is 0 Å². The topological polar surface area (TPSA) is 70.7 Å². The number of ether oxygens (including phenoxy) is 1. The minimum atomic E-state index is -0.414. The third-order valence-corrected chi connectivity index (χ3v) is 2.96. The molecule has 19 heavy (non-hydrogen) atoms. The molecule has 0 bridgehead atoms. The first-order chi connectivity index (χ1) is 9.20. The molecule has 1 aliphatic rings. The van der Waals surface area contributed by atoms with Crippen molar-refractivity contribution >= 4 is 11.9 Å². The van der Waals surface area contributed by atoms with Gasteiger partial charge in [0, 0.05) is 31.7 Å². The van der Waals surface area contributed by atoms with Crippen molar-refractivity contribution in [2.24, 2.45) is 0 Å². The van der Waals surface area contributed by atoms with Crippen molar-refractivity contribution in [3.05, 3.63) is 29.8 Å². The Morgan fingerprint density at radius 3 is 2.74 bits per heavy atom. The van der Waals surface area contributed by atoms with Gasteiger partial charge in [-0.2, -0.15) is 0 Å². The van der Waals surface area contributed by atoms with E-state index in [1.165, 1.54) is 7.11 Å². The smallest absolute Gasteiger partial charge is 0.324 e. The van der Waals surface area contributed by atoms with E-state index in [0.29, 0.717) is 24.4 Å². The van der Waals surface area contributed by atoms with Crippen LogP contribution in [0.25, 0.3) is 0 Å². The number of amides is 3. The largest absolute Gasteiger partial charge is 0.497 e. The Hall–Kier alpha value is -2.08. The van der Waals surface area contributed by atoms with E-state index in [1.54, 1.807) is 29.2 Å². The normalized spacial score (nSPS) is 14.9. The van der Waals surface area contributed by atoms with E-state index in [4.69, 9.17) is 4.74 Å². The Morgan fingerprint density at radius 2 is 2.05 bits per heavy atom. The first-order valence-electron chi connectivity index (χ1n) is 6.16. The first-order valence-corrected chi connectivity index (χ1v) is 6.16. The molecule has 6 heteroatoms.